The number of hydrogen-bond acceptors (Lipinski definition) is 2. The fourth-order valence-corrected chi connectivity index (χ4v) is 3.05. The van der Waals surface area contributed by atoms with Crippen LogP contribution in [0.2, 0.25) is 0 Å². The zero-order valence-electron chi connectivity index (χ0n) is 11.5. The van der Waals surface area contributed by atoms with E-state index in [1.165, 1.54) is 21.6 Å². The van der Waals surface area contributed by atoms with Gasteiger partial charge < -0.3 is 5.32 Å². The number of hydrogen-bond donors (Lipinski definition) is 1. The molecule has 0 aliphatic heterocycles. The summed E-state index contributed by atoms with van der Waals surface area (Å²) in [6, 6.07) is 11.8. The number of rotatable bonds is 4. The average molecular weight is 259 g/mol. The molecule has 2 heteroatoms. The van der Waals surface area contributed by atoms with E-state index in [0.717, 1.165) is 0 Å². The van der Waals surface area contributed by atoms with Gasteiger partial charge in [0.25, 0.3) is 0 Å². The molecular weight excluding hydrogens is 238 g/mol. The highest BCUT2D eigenvalue weighted by Gasteiger charge is 2.13. The van der Waals surface area contributed by atoms with Crippen LogP contribution in [-0.4, -0.2) is 0 Å². The van der Waals surface area contributed by atoms with Gasteiger partial charge in [0, 0.05) is 17.0 Å². The second-order valence-corrected chi connectivity index (χ2v) is 5.96. The Hall–Kier alpha value is -1.12. The SMILES string of the molecule is Cc1ccc(C)c(C(C)N[C@H](C)c2cccs2)c1. The molecule has 0 saturated heterocycles. The number of nitrogens with one attached hydrogen (secondary N) is 1. The fraction of sp³-hybridized carbons (Fsp3) is 0.375. The van der Waals surface area contributed by atoms with Gasteiger partial charge in [-0.25, -0.2) is 0 Å². The standard InChI is InChI=1S/C16H21NS/c1-11-7-8-12(2)15(10-11)13(3)17-14(4)16-6-5-9-18-16/h5-10,13-14,17H,1-4H3/t13?,14-/m1/s1. The minimum absolute atomic E-state index is 0.377. The van der Waals surface area contributed by atoms with E-state index < -0.39 is 0 Å². The van der Waals surface area contributed by atoms with Gasteiger partial charge in [-0.2, -0.15) is 0 Å². The van der Waals surface area contributed by atoms with Crippen molar-refractivity contribution in [2.75, 3.05) is 0 Å². The van der Waals surface area contributed by atoms with Gasteiger partial charge in [-0.15, -0.1) is 11.3 Å². The third-order valence-corrected chi connectivity index (χ3v) is 4.43. The van der Waals surface area contributed by atoms with Crippen molar-refractivity contribution in [2.45, 2.75) is 39.8 Å². The molecule has 0 radical (unpaired) electrons. The monoisotopic (exact) mass is 259 g/mol. The maximum atomic E-state index is 3.68. The Bertz CT molecular complexity index is 502. The van der Waals surface area contributed by atoms with Crippen LogP contribution in [0.3, 0.4) is 0 Å². The predicted octanol–water partition coefficient (Wildman–Crippen LogP) is 4.78. The zero-order valence-corrected chi connectivity index (χ0v) is 12.3. The molecule has 0 aliphatic carbocycles. The van der Waals surface area contributed by atoms with Crippen molar-refractivity contribution in [3.8, 4) is 0 Å². The van der Waals surface area contributed by atoms with Crippen molar-refractivity contribution in [3.63, 3.8) is 0 Å². The Balaban J connectivity index is 2.12. The lowest BCUT2D eigenvalue weighted by atomic mass is 9.99. The summed E-state index contributed by atoms with van der Waals surface area (Å²) in [7, 11) is 0. The highest BCUT2D eigenvalue weighted by Crippen LogP contribution is 2.24. The molecule has 2 atom stereocenters. The Morgan fingerprint density at radius 1 is 1.06 bits per heavy atom. The lowest BCUT2D eigenvalue weighted by Gasteiger charge is -2.21. The Kier molecular flexibility index (Phi) is 4.20. The Morgan fingerprint density at radius 3 is 2.50 bits per heavy atom. The molecule has 0 bridgehead atoms. The summed E-state index contributed by atoms with van der Waals surface area (Å²) in [5.74, 6) is 0. The van der Waals surface area contributed by atoms with E-state index in [9.17, 15) is 0 Å². The van der Waals surface area contributed by atoms with Gasteiger partial charge in [0.1, 0.15) is 0 Å². The lowest BCUT2D eigenvalue weighted by Crippen LogP contribution is -2.22. The zero-order chi connectivity index (χ0) is 13.1. The van der Waals surface area contributed by atoms with Gasteiger partial charge in [0.2, 0.25) is 0 Å². The summed E-state index contributed by atoms with van der Waals surface area (Å²) in [6.45, 7) is 8.81. The second kappa shape index (κ2) is 5.68. The third kappa shape index (κ3) is 3.01. The first-order valence-corrected chi connectivity index (χ1v) is 7.32. The molecule has 2 aromatic rings. The molecule has 0 fully saturated rings. The summed E-state index contributed by atoms with van der Waals surface area (Å²) in [5, 5.41) is 5.81. The molecule has 96 valence electrons. The van der Waals surface area contributed by atoms with E-state index >= 15 is 0 Å². The molecule has 1 aromatic carbocycles. The van der Waals surface area contributed by atoms with Crippen molar-refractivity contribution in [1.29, 1.82) is 0 Å². The quantitative estimate of drug-likeness (QED) is 0.833. The van der Waals surface area contributed by atoms with Crippen LogP contribution in [0.4, 0.5) is 0 Å². The minimum atomic E-state index is 0.377. The molecule has 0 spiro atoms. The first-order chi connectivity index (χ1) is 8.58. The smallest absolute Gasteiger partial charge is 0.0391 e. The second-order valence-electron chi connectivity index (χ2n) is 4.99. The number of aryl methyl sites for hydroxylation is 2. The van der Waals surface area contributed by atoms with Crippen LogP contribution in [0.5, 0.6) is 0 Å². The summed E-state index contributed by atoms with van der Waals surface area (Å²) in [4.78, 5) is 1.40. The Labute approximate surface area is 114 Å². The maximum absolute atomic E-state index is 3.68. The molecule has 18 heavy (non-hydrogen) atoms. The summed E-state index contributed by atoms with van der Waals surface area (Å²) < 4.78 is 0. The van der Waals surface area contributed by atoms with Crippen LogP contribution in [-0.2, 0) is 0 Å². The molecule has 0 aliphatic rings. The highest BCUT2D eigenvalue weighted by atomic mass is 32.1. The molecule has 2 rings (SSSR count). The normalized spacial score (nSPS) is 14.4. The van der Waals surface area contributed by atoms with Crippen LogP contribution >= 0.6 is 11.3 Å². The molecule has 1 unspecified atom stereocenters. The van der Waals surface area contributed by atoms with Crippen molar-refractivity contribution >= 4 is 11.3 Å². The maximum Gasteiger partial charge on any atom is 0.0391 e. The van der Waals surface area contributed by atoms with Crippen molar-refractivity contribution in [2.24, 2.45) is 0 Å². The van der Waals surface area contributed by atoms with Crippen molar-refractivity contribution < 1.29 is 0 Å². The first-order valence-electron chi connectivity index (χ1n) is 6.44. The molecule has 1 N–H and O–H groups in total. The number of thiophene rings is 1. The molecule has 1 aromatic heterocycles. The molecule has 1 heterocycles. The van der Waals surface area contributed by atoms with Crippen LogP contribution in [0.1, 0.15) is 47.5 Å². The molecule has 0 amide bonds. The fourth-order valence-electron chi connectivity index (χ4n) is 2.31. The number of benzene rings is 1. The summed E-state index contributed by atoms with van der Waals surface area (Å²) in [5.41, 5.74) is 4.09. The summed E-state index contributed by atoms with van der Waals surface area (Å²) in [6.07, 6.45) is 0. The molecule has 0 saturated carbocycles. The van der Waals surface area contributed by atoms with Crippen molar-refractivity contribution in [3.05, 3.63) is 57.3 Å². The van der Waals surface area contributed by atoms with Crippen LogP contribution in [0, 0.1) is 13.8 Å². The van der Waals surface area contributed by atoms with E-state index in [-0.39, 0.29) is 0 Å². The van der Waals surface area contributed by atoms with Crippen molar-refractivity contribution in [1.82, 2.24) is 5.32 Å². The van der Waals surface area contributed by atoms with Gasteiger partial charge in [-0.1, -0.05) is 29.8 Å². The topological polar surface area (TPSA) is 12.0 Å². The van der Waals surface area contributed by atoms with E-state index in [0.29, 0.717) is 12.1 Å². The van der Waals surface area contributed by atoms with Crippen LogP contribution in [0.25, 0.3) is 0 Å². The van der Waals surface area contributed by atoms with Gasteiger partial charge in [-0.05, 0) is 50.3 Å². The van der Waals surface area contributed by atoms with Gasteiger partial charge in [0.05, 0.1) is 0 Å². The van der Waals surface area contributed by atoms with E-state index in [2.05, 4.69) is 68.7 Å². The van der Waals surface area contributed by atoms with Gasteiger partial charge in [-0.3, -0.25) is 0 Å². The Morgan fingerprint density at radius 2 is 1.83 bits per heavy atom. The van der Waals surface area contributed by atoms with Crippen LogP contribution < -0.4 is 5.32 Å². The highest BCUT2D eigenvalue weighted by molar-refractivity contribution is 7.10. The largest absolute Gasteiger partial charge is 0.303 e. The molecular formula is C16H21NS. The van der Waals surface area contributed by atoms with Gasteiger partial charge >= 0.3 is 0 Å². The minimum Gasteiger partial charge on any atom is -0.303 e. The van der Waals surface area contributed by atoms with Gasteiger partial charge in [0.15, 0.2) is 0 Å². The molecule has 1 nitrogen and oxygen atoms in total. The van der Waals surface area contributed by atoms with E-state index in [4.69, 9.17) is 0 Å². The lowest BCUT2D eigenvalue weighted by molar-refractivity contribution is 0.498. The summed E-state index contributed by atoms with van der Waals surface area (Å²) >= 11 is 1.81. The first kappa shape index (κ1) is 13.3. The van der Waals surface area contributed by atoms with E-state index in [1.807, 2.05) is 11.3 Å². The van der Waals surface area contributed by atoms with E-state index in [1.54, 1.807) is 0 Å². The average Bonchev–Trinajstić information content (AvgIpc) is 2.85. The predicted molar refractivity (Wildman–Crippen MR) is 80.2 cm³/mol. The third-order valence-electron chi connectivity index (χ3n) is 3.37. The van der Waals surface area contributed by atoms with Crippen LogP contribution in [0.15, 0.2) is 35.7 Å².